The summed E-state index contributed by atoms with van der Waals surface area (Å²) in [4.78, 5) is 13.7. The van der Waals surface area contributed by atoms with Crippen LogP contribution < -0.4 is 0 Å². The summed E-state index contributed by atoms with van der Waals surface area (Å²) in [6.07, 6.45) is 9.93. The largest absolute Gasteiger partial charge is 0.455 e. The van der Waals surface area contributed by atoms with Crippen LogP contribution in [0.3, 0.4) is 0 Å². The van der Waals surface area contributed by atoms with Crippen molar-refractivity contribution in [3.05, 3.63) is 12.2 Å². The fourth-order valence-electron chi connectivity index (χ4n) is 12.6. The van der Waals surface area contributed by atoms with Crippen molar-refractivity contribution in [3.8, 4) is 0 Å². The molecule has 3 saturated heterocycles. The molecule has 5 nitrogen and oxygen atoms in total. The van der Waals surface area contributed by atoms with E-state index in [4.69, 9.17) is 18.9 Å². The maximum atomic E-state index is 13.7. The van der Waals surface area contributed by atoms with Crippen molar-refractivity contribution in [2.75, 3.05) is 6.61 Å². The lowest BCUT2D eigenvalue weighted by molar-refractivity contribution is -0.355. The number of ether oxygens (including phenoxy) is 4. The molecule has 5 heteroatoms. The lowest BCUT2D eigenvalue weighted by atomic mass is 9.31. The van der Waals surface area contributed by atoms with E-state index in [-0.39, 0.29) is 57.3 Å². The van der Waals surface area contributed by atoms with Gasteiger partial charge in [-0.15, -0.1) is 0 Å². The van der Waals surface area contributed by atoms with Crippen LogP contribution in [-0.2, 0) is 23.7 Å². The summed E-state index contributed by atoms with van der Waals surface area (Å²) in [5.41, 5.74) is 0.646. The molecule has 0 N–H and O–H groups in total. The van der Waals surface area contributed by atoms with Crippen molar-refractivity contribution in [1.29, 1.82) is 0 Å². The van der Waals surface area contributed by atoms with Crippen LogP contribution in [0.5, 0.6) is 0 Å². The van der Waals surface area contributed by atoms with Gasteiger partial charge in [-0.25, -0.2) is 0 Å². The Morgan fingerprint density at radius 2 is 1.68 bits per heavy atom. The maximum absolute atomic E-state index is 13.7. The van der Waals surface area contributed by atoms with Crippen molar-refractivity contribution in [3.63, 3.8) is 0 Å². The van der Waals surface area contributed by atoms with E-state index in [9.17, 15) is 4.79 Å². The fourth-order valence-corrected chi connectivity index (χ4v) is 12.6. The second-order valence-electron chi connectivity index (χ2n) is 16.0. The predicted molar refractivity (Wildman–Crippen MR) is 138 cm³/mol. The summed E-state index contributed by atoms with van der Waals surface area (Å²) in [6.45, 7) is 19.4. The van der Waals surface area contributed by atoms with E-state index < -0.39 is 11.4 Å². The van der Waals surface area contributed by atoms with Crippen LogP contribution in [-0.4, -0.2) is 42.3 Å². The van der Waals surface area contributed by atoms with E-state index in [1.54, 1.807) is 0 Å². The van der Waals surface area contributed by atoms with Crippen LogP contribution in [0.25, 0.3) is 0 Å². The smallest absolute Gasteiger partial charge is 0.313 e. The third kappa shape index (κ3) is 2.38. The summed E-state index contributed by atoms with van der Waals surface area (Å²) in [5.74, 6) is 0.810. The molecule has 0 radical (unpaired) electrons. The molecule has 0 amide bonds. The topological polar surface area (TPSA) is 57.3 Å². The minimum atomic E-state index is -0.499. The number of carbonyl (C=O) groups is 1. The molecule has 0 aromatic carbocycles. The van der Waals surface area contributed by atoms with Crippen LogP contribution in [0.2, 0.25) is 0 Å². The Balaban J connectivity index is 1.23. The monoisotopic (exact) mass is 510 g/mol. The molecule has 3 aliphatic heterocycles. The Bertz CT molecular complexity index is 1110. The SMILES string of the molecule is C=C1CC[C@@]23CC[C@]4(C)[C@@](OC2=O)([C@@H]3C1)[C@H]1O[C@H]1[C@@H]1[C@@]2(C)CC[C@@H]3OC(C)(C)OC[C@@]3(C)[C@@H]2CC[C@]14C. The number of fused-ring (bicyclic) bond motifs is 8. The number of hydrogen-bond acceptors (Lipinski definition) is 5. The molecule has 0 aromatic rings. The number of rotatable bonds is 0. The van der Waals surface area contributed by atoms with Gasteiger partial charge in [0, 0.05) is 16.7 Å². The zero-order chi connectivity index (χ0) is 26.0. The third-order valence-electron chi connectivity index (χ3n) is 14.5. The average Bonchev–Trinajstić information content (AvgIpc) is 3.58. The van der Waals surface area contributed by atoms with Crippen LogP contribution >= 0.6 is 0 Å². The van der Waals surface area contributed by atoms with E-state index in [0.29, 0.717) is 11.8 Å². The predicted octanol–water partition coefficient (Wildman–Crippen LogP) is 6.20. The maximum Gasteiger partial charge on any atom is 0.313 e. The van der Waals surface area contributed by atoms with E-state index in [1.165, 1.54) is 18.4 Å². The van der Waals surface area contributed by atoms with E-state index >= 15 is 0 Å². The minimum Gasteiger partial charge on any atom is -0.455 e. The summed E-state index contributed by atoms with van der Waals surface area (Å²) < 4.78 is 26.5. The minimum absolute atomic E-state index is 0.0208. The van der Waals surface area contributed by atoms with Crippen LogP contribution in [0, 0.1) is 44.8 Å². The highest BCUT2D eigenvalue weighted by Crippen LogP contribution is 2.83. The Morgan fingerprint density at radius 3 is 2.46 bits per heavy atom. The third-order valence-corrected chi connectivity index (χ3v) is 14.5. The molecule has 8 rings (SSSR count). The van der Waals surface area contributed by atoms with Gasteiger partial charge in [-0.1, -0.05) is 39.8 Å². The highest BCUT2D eigenvalue weighted by Gasteiger charge is 2.89. The van der Waals surface area contributed by atoms with Gasteiger partial charge in [0.25, 0.3) is 0 Å². The van der Waals surface area contributed by atoms with Crippen molar-refractivity contribution in [2.24, 2.45) is 44.8 Å². The molecular formula is C32H46O5. The summed E-state index contributed by atoms with van der Waals surface area (Å²) >= 11 is 0. The summed E-state index contributed by atoms with van der Waals surface area (Å²) in [6, 6.07) is 0. The number of epoxide rings is 1. The lowest BCUT2D eigenvalue weighted by Gasteiger charge is -2.73. The first-order valence-electron chi connectivity index (χ1n) is 15.1. The molecule has 204 valence electrons. The molecule has 8 aliphatic rings. The standard InChI is InChI=1S/C32H46O5/c1-18-8-13-31-15-14-30(7)29(6)12-9-19-27(4,11-10-21-28(19,5)17-34-26(2,3)36-21)23(29)22-24(35-22)32(30,20(31)16-18)37-25(31)33/h19-24H,1,8-17H2,2-7H3/t19-,20-,21+,22+,23-,24+,27+,28+,29-,30+,31+,32-/m1/s1. The number of hydrogen-bond donors (Lipinski definition) is 0. The molecule has 5 aliphatic carbocycles. The van der Waals surface area contributed by atoms with Gasteiger partial charge < -0.3 is 18.9 Å². The van der Waals surface area contributed by atoms with Gasteiger partial charge in [0.1, 0.15) is 6.10 Å². The lowest BCUT2D eigenvalue weighted by Crippen LogP contribution is -2.75. The van der Waals surface area contributed by atoms with Crippen LogP contribution in [0.15, 0.2) is 12.2 Å². The van der Waals surface area contributed by atoms with Gasteiger partial charge in [-0.3, -0.25) is 4.79 Å². The van der Waals surface area contributed by atoms with E-state index in [0.717, 1.165) is 51.6 Å². The molecule has 12 atom stereocenters. The van der Waals surface area contributed by atoms with Crippen molar-refractivity contribution >= 4 is 5.97 Å². The first-order valence-corrected chi connectivity index (χ1v) is 15.1. The van der Waals surface area contributed by atoms with Crippen molar-refractivity contribution in [2.45, 2.75) is 129 Å². The molecular weight excluding hydrogens is 464 g/mol. The Morgan fingerprint density at radius 1 is 0.892 bits per heavy atom. The highest BCUT2D eigenvalue weighted by atomic mass is 16.7. The van der Waals surface area contributed by atoms with Crippen molar-refractivity contribution < 1.29 is 23.7 Å². The van der Waals surface area contributed by atoms with Gasteiger partial charge >= 0.3 is 5.97 Å². The molecule has 3 heterocycles. The highest BCUT2D eigenvalue weighted by molar-refractivity contribution is 5.82. The molecule has 8 fully saturated rings. The van der Waals surface area contributed by atoms with E-state index in [2.05, 4.69) is 48.1 Å². The number of esters is 1. The second kappa shape index (κ2) is 6.52. The Kier molecular flexibility index (Phi) is 4.22. The summed E-state index contributed by atoms with van der Waals surface area (Å²) in [5, 5.41) is 0. The average molecular weight is 511 g/mol. The molecule has 2 bridgehead atoms. The molecule has 5 saturated carbocycles. The van der Waals surface area contributed by atoms with Gasteiger partial charge in [-0.2, -0.15) is 0 Å². The van der Waals surface area contributed by atoms with Gasteiger partial charge in [-0.05, 0) is 94.3 Å². The Labute approximate surface area is 222 Å². The van der Waals surface area contributed by atoms with Gasteiger partial charge in [0.15, 0.2) is 11.4 Å². The van der Waals surface area contributed by atoms with Gasteiger partial charge in [0.2, 0.25) is 0 Å². The first-order chi connectivity index (χ1) is 17.3. The number of carbonyl (C=O) groups excluding carboxylic acids is 1. The molecule has 0 aromatic heterocycles. The summed E-state index contributed by atoms with van der Waals surface area (Å²) in [7, 11) is 0. The van der Waals surface area contributed by atoms with E-state index in [1.807, 2.05) is 0 Å². The van der Waals surface area contributed by atoms with Crippen LogP contribution in [0.4, 0.5) is 0 Å². The van der Waals surface area contributed by atoms with Crippen LogP contribution in [0.1, 0.15) is 99.3 Å². The Hall–Kier alpha value is -0.910. The molecule has 37 heavy (non-hydrogen) atoms. The molecule has 0 unspecified atom stereocenters. The van der Waals surface area contributed by atoms with Gasteiger partial charge in [0.05, 0.1) is 24.2 Å². The van der Waals surface area contributed by atoms with Crippen molar-refractivity contribution in [1.82, 2.24) is 0 Å². The normalized spacial score (nSPS) is 62.6. The molecule has 1 spiro atoms. The zero-order valence-corrected chi connectivity index (χ0v) is 23.8. The zero-order valence-electron chi connectivity index (χ0n) is 23.8. The first kappa shape index (κ1) is 23.9. The fraction of sp³-hybridized carbons (Fsp3) is 0.906. The number of allylic oxidation sites excluding steroid dienone is 1. The quantitative estimate of drug-likeness (QED) is 0.221. The second-order valence-corrected chi connectivity index (χ2v) is 16.0.